The van der Waals surface area contributed by atoms with E-state index in [0.717, 1.165) is 59.6 Å². The summed E-state index contributed by atoms with van der Waals surface area (Å²) in [5.74, 6) is 7.16. The fourth-order valence-electron chi connectivity index (χ4n) is 4.40. The number of aromatic nitrogens is 2. The Kier molecular flexibility index (Phi) is 9.85. The summed E-state index contributed by atoms with van der Waals surface area (Å²) >= 11 is 0. The van der Waals surface area contributed by atoms with Crippen LogP contribution in [0.25, 0.3) is 11.3 Å². The fourth-order valence-corrected chi connectivity index (χ4v) is 4.40. The highest BCUT2D eigenvalue weighted by atomic mass is 16.5. The molecule has 0 bridgehead atoms. The quantitative estimate of drug-likeness (QED) is 0.137. The first kappa shape index (κ1) is 27.6. The number of allylic oxidation sites excluding steroid dienone is 1. The zero-order valence-corrected chi connectivity index (χ0v) is 22.6. The molecule has 1 saturated heterocycles. The second-order valence-electron chi connectivity index (χ2n) is 9.47. The molecule has 0 spiro atoms. The molecule has 1 aromatic heterocycles. The number of hydrogen-bond acceptors (Lipinski definition) is 5. The van der Waals surface area contributed by atoms with Crippen molar-refractivity contribution in [2.75, 3.05) is 19.7 Å². The van der Waals surface area contributed by atoms with Crippen LogP contribution < -0.4 is 10.9 Å². The van der Waals surface area contributed by atoms with Gasteiger partial charge < -0.3 is 10.1 Å². The standard InChI is InChI=1S/C33H34N4O2/c1-4-8-26-10-6-13-30(20-26)32-14-15-33(38)37(36-32)23-28-11-7-12-29(21-28)25(3)35-22-31(9-5-2)39-24-27-16-18-34-19-17-27/h6-7,9-15,20-22,27,34H,2,16-19,23-24H2,1,3H3/b31-22+,35-25?. The Bertz CT molecular complexity index is 1520. The molecule has 1 aliphatic heterocycles. The maximum absolute atomic E-state index is 12.6. The van der Waals surface area contributed by atoms with Gasteiger partial charge in [-0.05, 0) is 81.1 Å². The number of benzene rings is 2. The van der Waals surface area contributed by atoms with E-state index < -0.39 is 0 Å². The molecule has 4 rings (SSSR count). The van der Waals surface area contributed by atoms with Crippen LogP contribution in [-0.4, -0.2) is 35.2 Å². The van der Waals surface area contributed by atoms with Gasteiger partial charge in [-0.2, -0.15) is 5.10 Å². The van der Waals surface area contributed by atoms with Crippen LogP contribution in [0.5, 0.6) is 0 Å². The van der Waals surface area contributed by atoms with Crippen molar-refractivity contribution in [3.05, 3.63) is 118 Å². The third kappa shape index (κ3) is 8.02. The molecule has 2 heterocycles. The topological polar surface area (TPSA) is 68.5 Å². The molecule has 1 fully saturated rings. The molecule has 0 aliphatic carbocycles. The number of rotatable bonds is 9. The largest absolute Gasteiger partial charge is 0.491 e. The van der Waals surface area contributed by atoms with E-state index in [9.17, 15) is 4.79 Å². The summed E-state index contributed by atoms with van der Waals surface area (Å²) in [5, 5.41) is 8.01. The lowest BCUT2D eigenvalue weighted by Gasteiger charge is -2.22. The van der Waals surface area contributed by atoms with E-state index in [1.54, 1.807) is 24.4 Å². The zero-order valence-electron chi connectivity index (χ0n) is 22.6. The number of nitrogens with one attached hydrogen (secondary N) is 1. The zero-order chi connectivity index (χ0) is 27.5. The lowest BCUT2D eigenvalue weighted by atomic mass is 9.99. The summed E-state index contributed by atoms with van der Waals surface area (Å²) in [6.07, 6.45) is 5.65. The van der Waals surface area contributed by atoms with Gasteiger partial charge in [0.05, 0.1) is 25.0 Å². The van der Waals surface area contributed by atoms with Crippen LogP contribution in [0.4, 0.5) is 0 Å². The Morgan fingerprint density at radius 1 is 1.18 bits per heavy atom. The first-order valence-corrected chi connectivity index (χ1v) is 13.2. The molecule has 2 aromatic carbocycles. The van der Waals surface area contributed by atoms with Crippen molar-refractivity contribution in [1.82, 2.24) is 15.1 Å². The second-order valence-corrected chi connectivity index (χ2v) is 9.47. The van der Waals surface area contributed by atoms with Crippen molar-refractivity contribution < 1.29 is 4.74 Å². The third-order valence-corrected chi connectivity index (χ3v) is 6.55. The van der Waals surface area contributed by atoms with E-state index >= 15 is 0 Å². The van der Waals surface area contributed by atoms with Gasteiger partial charge in [-0.3, -0.25) is 9.79 Å². The maximum Gasteiger partial charge on any atom is 0.267 e. The summed E-state index contributed by atoms with van der Waals surface area (Å²) in [7, 11) is 0. The molecule has 0 saturated carbocycles. The minimum atomic E-state index is -0.159. The van der Waals surface area contributed by atoms with Gasteiger partial charge in [-0.15, -0.1) is 11.7 Å². The molecular weight excluding hydrogens is 484 g/mol. The lowest BCUT2D eigenvalue weighted by molar-refractivity contribution is 0.153. The van der Waals surface area contributed by atoms with Crippen LogP contribution in [0, 0.1) is 17.8 Å². The van der Waals surface area contributed by atoms with Crippen LogP contribution in [0.15, 0.2) is 101 Å². The number of ether oxygens (including phenoxy) is 1. The van der Waals surface area contributed by atoms with Gasteiger partial charge >= 0.3 is 0 Å². The maximum atomic E-state index is 12.6. The van der Waals surface area contributed by atoms with Crippen molar-refractivity contribution in [1.29, 1.82) is 0 Å². The van der Waals surface area contributed by atoms with Crippen molar-refractivity contribution in [3.63, 3.8) is 0 Å². The van der Waals surface area contributed by atoms with Crippen LogP contribution in [0.3, 0.4) is 0 Å². The van der Waals surface area contributed by atoms with E-state index in [2.05, 4.69) is 39.6 Å². The molecule has 0 unspecified atom stereocenters. The Labute approximate surface area is 230 Å². The van der Waals surface area contributed by atoms with Crippen molar-refractivity contribution in [3.8, 4) is 23.1 Å². The first-order chi connectivity index (χ1) is 19.1. The van der Waals surface area contributed by atoms with Gasteiger partial charge in [-0.1, -0.05) is 42.8 Å². The first-order valence-electron chi connectivity index (χ1n) is 13.2. The highest BCUT2D eigenvalue weighted by molar-refractivity contribution is 5.99. The van der Waals surface area contributed by atoms with Crippen LogP contribution in [0.2, 0.25) is 0 Å². The monoisotopic (exact) mass is 518 g/mol. The second kappa shape index (κ2) is 13.9. The average molecular weight is 519 g/mol. The summed E-state index contributed by atoms with van der Waals surface area (Å²) < 4.78 is 7.49. The molecule has 0 atom stereocenters. The number of nitrogens with zero attached hydrogens (tertiary/aromatic N) is 3. The van der Waals surface area contributed by atoms with Crippen molar-refractivity contribution in [2.24, 2.45) is 10.9 Å². The van der Waals surface area contributed by atoms with E-state index in [4.69, 9.17) is 4.74 Å². The summed E-state index contributed by atoms with van der Waals surface area (Å²) in [5.41, 5.74) is 7.93. The SMILES string of the molecule is C=C=C/C(=C\N=C(C)c1cccc(Cn2nc(-c3cccc(C#CC)c3)ccc2=O)c1)OCC1CCNCC1. The molecule has 39 heavy (non-hydrogen) atoms. The predicted octanol–water partition coefficient (Wildman–Crippen LogP) is 5.34. The minimum Gasteiger partial charge on any atom is -0.491 e. The van der Waals surface area contributed by atoms with Crippen molar-refractivity contribution >= 4 is 5.71 Å². The minimum absolute atomic E-state index is 0.159. The summed E-state index contributed by atoms with van der Waals surface area (Å²) in [4.78, 5) is 17.3. The van der Waals surface area contributed by atoms with Crippen LogP contribution in [0.1, 0.15) is 43.4 Å². The normalized spacial score (nSPS) is 14.2. The highest BCUT2D eigenvalue weighted by Gasteiger charge is 2.13. The molecule has 1 aliphatic rings. The third-order valence-electron chi connectivity index (χ3n) is 6.55. The van der Waals surface area contributed by atoms with E-state index in [1.807, 2.05) is 62.4 Å². The Balaban J connectivity index is 1.50. The summed E-state index contributed by atoms with van der Waals surface area (Å²) in [6.45, 7) is 10.5. The van der Waals surface area contributed by atoms with Crippen LogP contribution >= 0.6 is 0 Å². The van der Waals surface area contributed by atoms with Gasteiger partial charge in [0, 0.05) is 29.0 Å². The fraction of sp³-hybridized carbons (Fsp3) is 0.273. The Morgan fingerprint density at radius 3 is 2.79 bits per heavy atom. The summed E-state index contributed by atoms with van der Waals surface area (Å²) in [6, 6.07) is 19.1. The van der Waals surface area contributed by atoms with E-state index in [-0.39, 0.29) is 5.56 Å². The Morgan fingerprint density at radius 2 is 2.00 bits per heavy atom. The number of piperidine rings is 1. The van der Waals surface area contributed by atoms with E-state index in [0.29, 0.717) is 24.8 Å². The van der Waals surface area contributed by atoms with Gasteiger partial charge in [0.2, 0.25) is 0 Å². The van der Waals surface area contributed by atoms with Crippen molar-refractivity contribution in [2.45, 2.75) is 33.2 Å². The molecule has 3 aromatic rings. The molecule has 6 heteroatoms. The predicted molar refractivity (Wildman–Crippen MR) is 158 cm³/mol. The van der Waals surface area contributed by atoms with Gasteiger partial charge in [0.25, 0.3) is 5.56 Å². The smallest absolute Gasteiger partial charge is 0.267 e. The van der Waals surface area contributed by atoms with E-state index in [1.165, 1.54) is 4.68 Å². The molecular formula is C33H34N4O2. The highest BCUT2D eigenvalue weighted by Crippen LogP contribution is 2.18. The average Bonchev–Trinajstić information content (AvgIpc) is 2.96. The molecule has 198 valence electrons. The Hall–Kier alpha value is -4.43. The molecule has 0 amide bonds. The molecule has 0 radical (unpaired) electrons. The molecule has 1 N–H and O–H groups in total. The van der Waals surface area contributed by atoms with Crippen LogP contribution in [-0.2, 0) is 11.3 Å². The lowest BCUT2D eigenvalue weighted by Crippen LogP contribution is -2.29. The van der Waals surface area contributed by atoms with Gasteiger partial charge in [-0.25, -0.2) is 4.68 Å². The number of hydrogen-bond donors (Lipinski definition) is 1. The van der Waals surface area contributed by atoms with Gasteiger partial charge in [0.1, 0.15) is 5.76 Å². The van der Waals surface area contributed by atoms with Gasteiger partial charge in [0.15, 0.2) is 0 Å². The molecule has 6 nitrogen and oxygen atoms in total. The number of aliphatic imine (C=N–C) groups is 1.